The average molecular weight is 337 g/mol. The Hall–Kier alpha value is -2.89. The number of aromatic nitrogens is 3. The minimum atomic E-state index is 0.215. The molecular formula is C19H19N3O3. The first-order valence-electron chi connectivity index (χ1n) is 8.26. The van der Waals surface area contributed by atoms with E-state index in [1.165, 1.54) is 0 Å². The van der Waals surface area contributed by atoms with E-state index in [-0.39, 0.29) is 5.78 Å². The number of carbonyl (C=O) groups is 1. The molecule has 3 heterocycles. The predicted molar refractivity (Wildman–Crippen MR) is 94.4 cm³/mol. The van der Waals surface area contributed by atoms with Gasteiger partial charge >= 0.3 is 0 Å². The zero-order chi connectivity index (χ0) is 17.6. The van der Waals surface area contributed by atoms with E-state index in [1.54, 1.807) is 20.4 Å². The lowest BCUT2D eigenvalue weighted by Crippen LogP contribution is -2.09. The van der Waals surface area contributed by atoms with E-state index in [0.717, 1.165) is 40.9 Å². The maximum atomic E-state index is 12.3. The summed E-state index contributed by atoms with van der Waals surface area (Å²) < 4.78 is 10.6. The number of rotatable bonds is 3. The van der Waals surface area contributed by atoms with Crippen molar-refractivity contribution in [3.05, 3.63) is 35.2 Å². The molecule has 0 saturated heterocycles. The fourth-order valence-electron chi connectivity index (χ4n) is 3.57. The molecule has 6 heteroatoms. The summed E-state index contributed by atoms with van der Waals surface area (Å²) in [6, 6.07) is 3.73. The van der Waals surface area contributed by atoms with Crippen molar-refractivity contribution in [2.24, 2.45) is 0 Å². The first-order chi connectivity index (χ1) is 12.1. The normalized spacial score (nSPS) is 13.8. The number of aromatic amines is 1. The highest BCUT2D eigenvalue weighted by Crippen LogP contribution is 2.37. The van der Waals surface area contributed by atoms with E-state index in [4.69, 9.17) is 9.47 Å². The number of carbonyl (C=O) groups excluding carboxylic acids is 1. The van der Waals surface area contributed by atoms with E-state index in [1.807, 2.05) is 19.1 Å². The molecule has 3 aromatic rings. The van der Waals surface area contributed by atoms with Crippen LogP contribution in [0.2, 0.25) is 0 Å². The van der Waals surface area contributed by atoms with Crippen molar-refractivity contribution in [2.75, 3.05) is 14.2 Å². The lowest BCUT2D eigenvalue weighted by molar-refractivity contribution is 0.0972. The Morgan fingerprint density at radius 2 is 2.04 bits per heavy atom. The summed E-state index contributed by atoms with van der Waals surface area (Å²) in [7, 11) is 3.13. The van der Waals surface area contributed by atoms with Crippen LogP contribution in [0.3, 0.4) is 0 Å². The molecule has 25 heavy (non-hydrogen) atoms. The third-order valence-electron chi connectivity index (χ3n) is 4.76. The molecule has 128 valence electrons. The predicted octanol–water partition coefficient (Wildman–Crippen LogP) is 3.47. The molecule has 0 saturated carbocycles. The topological polar surface area (TPSA) is 77.1 Å². The second-order valence-corrected chi connectivity index (χ2v) is 6.18. The van der Waals surface area contributed by atoms with Crippen molar-refractivity contribution in [2.45, 2.75) is 26.2 Å². The van der Waals surface area contributed by atoms with Gasteiger partial charge in [0.05, 0.1) is 25.4 Å². The van der Waals surface area contributed by atoms with Crippen LogP contribution in [-0.4, -0.2) is 35.0 Å². The highest BCUT2D eigenvalue weighted by molar-refractivity contribution is 6.03. The first-order valence-corrected chi connectivity index (χ1v) is 8.26. The number of nitrogens with one attached hydrogen (secondary N) is 1. The van der Waals surface area contributed by atoms with Gasteiger partial charge in [0.2, 0.25) is 0 Å². The van der Waals surface area contributed by atoms with E-state index in [2.05, 4.69) is 15.0 Å². The molecule has 0 aromatic carbocycles. The van der Waals surface area contributed by atoms with E-state index in [0.29, 0.717) is 29.1 Å². The molecule has 4 rings (SSSR count). The van der Waals surface area contributed by atoms with Crippen molar-refractivity contribution < 1.29 is 14.3 Å². The van der Waals surface area contributed by atoms with Crippen LogP contribution in [0.15, 0.2) is 18.3 Å². The molecule has 0 fully saturated rings. The van der Waals surface area contributed by atoms with Crippen molar-refractivity contribution >= 4 is 16.8 Å². The molecule has 0 bridgehead atoms. The number of H-pyrrole nitrogens is 1. The van der Waals surface area contributed by atoms with Crippen LogP contribution in [0.1, 0.15) is 34.5 Å². The molecule has 1 aliphatic rings. The summed E-state index contributed by atoms with van der Waals surface area (Å²) >= 11 is 0. The lowest BCUT2D eigenvalue weighted by atomic mass is 9.93. The third-order valence-corrected chi connectivity index (χ3v) is 4.76. The van der Waals surface area contributed by atoms with Gasteiger partial charge in [-0.3, -0.25) is 9.78 Å². The van der Waals surface area contributed by atoms with Crippen molar-refractivity contribution in [1.29, 1.82) is 0 Å². The van der Waals surface area contributed by atoms with Crippen LogP contribution in [0.25, 0.3) is 22.3 Å². The summed E-state index contributed by atoms with van der Waals surface area (Å²) in [4.78, 5) is 24.8. The molecule has 1 N–H and O–H groups in total. The number of ether oxygens (including phenoxy) is 2. The van der Waals surface area contributed by atoms with E-state index >= 15 is 0 Å². The highest BCUT2D eigenvalue weighted by Gasteiger charge is 2.25. The summed E-state index contributed by atoms with van der Waals surface area (Å²) in [6.07, 6.45) is 4.15. The van der Waals surface area contributed by atoms with Crippen LogP contribution in [0, 0.1) is 6.92 Å². The molecule has 0 amide bonds. The number of fused-ring (bicyclic) bond motifs is 2. The monoisotopic (exact) mass is 337 g/mol. The third kappa shape index (κ3) is 2.36. The number of methoxy groups -OCH3 is 2. The second kappa shape index (κ2) is 5.88. The fraction of sp³-hybridized carbons (Fsp3) is 0.316. The highest BCUT2D eigenvalue weighted by atomic mass is 16.5. The number of hydrogen-bond donors (Lipinski definition) is 1. The van der Waals surface area contributed by atoms with Gasteiger partial charge in [0.25, 0.3) is 5.88 Å². The fourth-order valence-corrected chi connectivity index (χ4v) is 3.57. The van der Waals surface area contributed by atoms with Gasteiger partial charge in [-0.15, -0.1) is 0 Å². The molecule has 6 nitrogen and oxygen atoms in total. The molecule has 0 spiro atoms. The Kier molecular flexibility index (Phi) is 3.67. The van der Waals surface area contributed by atoms with Crippen LogP contribution < -0.4 is 9.47 Å². The van der Waals surface area contributed by atoms with Gasteiger partial charge in [-0.1, -0.05) is 0 Å². The lowest BCUT2D eigenvalue weighted by Gasteiger charge is -2.10. The summed E-state index contributed by atoms with van der Waals surface area (Å²) in [6.45, 7) is 1.99. The molecule has 1 aliphatic carbocycles. The molecule has 3 aromatic heterocycles. The molecule has 0 radical (unpaired) electrons. The number of hydrogen-bond acceptors (Lipinski definition) is 5. The molecular weight excluding hydrogens is 318 g/mol. The van der Waals surface area contributed by atoms with Crippen LogP contribution >= 0.6 is 0 Å². The standard InChI is InChI=1S/C19H19N3O3/c1-10-16-12(5-4-6-14(16)23)21-17(10)11-7-8-20-13-9-15(24-2)19(25-3)22-18(11)13/h7-9,21H,4-6H2,1-3H3. The van der Waals surface area contributed by atoms with Crippen LogP contribution in [0.4, 0.5) is 0 Å². The molecule has 0 unspecified atom stereocenters. The summed E-state index contributed by atoms with van der Waals surface area (Å²) in [5.41, 5.74) is 6.10. The van der Waals surface area contributed by atoms with Crippen molar-refractivity contribution in [3.8, 4) is 22.9 Å². The Morgan fingerprint density at radius 1 is 1.20 bits per heavy atom. The maximum Gasteiger partial charge on any atom is 0.257 e. The Balaban J connectivity index is 1.97. The maximum absolute atomic E-state index is 12.3. The van der Waals surface area contributed by atoms with Gasteiger partial charge in [-0.2, -0.15) is 0 Å². The van der Waals surface area contributed by atoms with Crippen molar-refractivity contribution in [3.63, 3.8) is 0 Å². The minimum Gasteiger partial charge on any atom is -0.491 e. The Labute approximate surface area is 145 Å². The van der Waals surface area contributed by atoms with Crippen LogP contribution in [-0.2, 0) is 6.42 Å². The number of pyridine rings is 2. The number of aryl methyl sites for hydroxylation is 1. The van der Waals surface area contributed by atoms with Gasteiger partial charge in [0, 0.05) is 35.5 Å². The molecule has 0 atom stereocenters. The largest absolute Gasteiger partial charge is 0.491 e. The SMILES string of the molecule is COc1cc2nccc(-c3[nH]c4c(c3C)C(=O)CCC4)c2nc1OC. The number of ketones is 1. The zero-order valence-corrected chi connectivity index (χ0v) is 14.5. The summed E-state index contributed by atoms with van der Waals surface area (Å²) in [5, 5.41) is 0. The first kappa shape index (κ1) is 15.6. The van der Waals surface area contributed by atoms with E-state index < -0.39 is 0 Å². The van der Waals surface area contributed by atoms with Gasteiger partial charge in [0.1, 0.15) is 5.52 Å². The van der Waals surface area contributed by atoms with E-state index in [9.17, 15) is 4.79 Å². The minimum absolute atomic E-state index is 0.215. The average Bonchev–Trinajstić information content (AvgIpc) is 2.97. The van der Waals surface area contributed by atoms with Gasteiger partial charge < -0.3 is 14.5 Å². The summed E-state index contributed by atoms with van der Waals surface area (Å²) in [5.74, 6) is 1.17. The zero-order valence-electron chi connectivity index (χ0n) is 14.5. The van der Waals surface area contributed by atoms with Gasteiger partial charge in [0.15, 0.2) is 11.5 Å². The smallest absolute Gasteiger partial charge is 0.257 e. The van der Waals surface area contributed by atoms with Crippen LogP contribution in [0.5, 0.6) is 11.6 Å². The Bertz CT molecular complexity index is 991. The second-order valence-electron chi connectivity index (χ2n) is 6.18. The number of nitrogens with zero attached hydrogens (tertiary/aromatic N) is 2. The van der Waals surface area contributed by atoms with Gasteiger partial charge in [-0.05, 0) is 31.4 Å². The number of Topliss-reactive ketones (excluding diaryl/α,β-unsaturated/α-hetero) is 1. The van der Waals surface area contributed by atoms with Crippen molar-refractivity contribution in [1.82, 2.24) is 15.0 Å². The molecule has 0 aliphatic heterocycles. The van der Waals surface area contributed by atoms with Gasteiger partial charge in [-0.25, -0.2) is 4.98 Å². The Morgan fingerprint density at radius 3 is 2.76 bits per heavy atom. The quantitative estimate of drug-likeness (QED) is 0.792.